The maximum Gasteiger partial charge on any atom is 1.00 e. The fraction of sp³-hybridized carbons (Fsp3) is 1.00. The summed E-state index contributed by atoms with van der Waals surface area (Å²) in [6, 6.07) is 0. The third-order valence-electron chi connectivity index (χ3n) is 1.31. The summed E-state index contributed by atoms with van der Waals surface area (Å²) in [5, 5.41) is 7.41. The smallest absolute Gasteiger partial charge is 0.748 e. The summed E-state index contributed by atoms with van der Waals surface area (Å²) in [5.74, 6) is 0. The summed E-state index contributed by atoms with van der Waals surface area (Å²) in [6.45, 7) is 1.36. The van der Waals surface area contributed by atoms with E-state index in [9.17, 15) is 13.0 Å². The largest absolute Gasteiger partial charge is 1.00 e. The fourth-order valence-electron chi connectivity index (χ4n) is 0.697. The van der Waals surface area contributed by atoms with Crippen molar-refractivity contribution in [3.63, 3.8) is 0 Å². The number of rotatable bonds is 4. The molecule has 1 unspecified atom stereocenters. The molecule has 0 aliphatic rings. The van der Waals surface area contributed by atoms with Crippen LogP contribution in [0.3, 0.4) is 0 Å². The summed E-state index contributed by atoms with van der Waals surface area (Å²) in [4.78, 5) is 0. The molecule has 0 rings (SSSR count). The molecule has 0 saturated heterocycles. The monoisotopic (exact) mass is 190 g/mol. The molecule has 0 aromatic heterocycles. The summed E-state index contributed by atoms with van der Waals surface area (Å²) in [5.41, 5.74) is 0. The van der Waals surface area contributed by atoms with E-state index in [1.807, 2.05) is 0 Å². The Hall–Kier alpha value is 0.870. The van der Waals surface area contributed by atoms with Crippen molar-refractivity contribution in [2.24, 2.45) is 0 Å². The van der Waals surface area contributed by atoms with Gasteiger partial charge in [0.15, 0.2) is 0 Å². The van der Waals surface area contributed by atoms with Gasteiger partial charge < -0.3 is 9.66 Å². The van der Waals surface area contributed by atoms with Crippen molar-refractivity contribution in [2.75, 3.05) is 6.61 Å². The predicted octanol–water partition coefficient (Wildman–Crippen LogP) is -3.30. The maximum absolute atomic E-state index is 10.3. The van der Waals surface area contributed by atoms with Crippen molar-refractivity contribution in [3.8, 4) is 0 Å². The molecule has 0 aliphatic heterocycles. The van der Waals surface area contributed by atoms with Crippen LogP contribution in [-0.2, 0) is 10.1 Å². The molecule has 1 N–H and O–H groups in total. The van der Waals surface area contributed by atoms with Gasteiger partial charge in [-0.1, -0.05) is 6.92 Å². The second-order valence-corrected chi connectivity index (χ2v) is 3.69. The molecule has 0 fully saturated rings. The van der Waals surface area contributed by atoms with Crippen molar-refractivity contribution in [1.82, 2.24) is 0 Å². The average Bonchev–Trinajstić information content (AvgIpc) is 1.80. The van der Waals surface area contributed by atoms with E-state index in [0.29, 0.717) is 0 Å². The van der Waals surface area contributed by atoms with Gasteiger partial charge in [0, 0.05) is 6.61 Å². The molecule has 62 valence electrons. The molecule has 0 radical (unpaired) electrons. The van der Waals surface area contributed by atoms with Crippen LogP contribution in [0.1, 0.15) is 19.8 Å². The Labute approximate surface area is 89.0 Å². The Kier molecular flexibility index (Phi) is 8.37. The molecule has 6 heteroatoms. The Balaban J connectivity index is 0. The van der Waals surface area contributed by atoms with Crippen molar-refractivity contribution in [2.45, 2.75) is 25.0 Å². The zero-order valence-corrected chi connectivity index (χ0v) is 9.60. The van der Waals surface area contributed by atoms with Gasteiger partial charge >= 0.3 is 29.6 Å². The van der Waals surface area contributed by atoms with Crippen LogP contribution >= 0.6 is 0 Å². The van der Waals surface area contributed by atoms with Crippen molar-refractivity contribution >= 4 is 10.1 Å². The van der Waals surface area contributed by atoms with Crippen LogP contribution in [0.5, 0.6) is 0 Å². The van der Waals surface area contributed by atoms with E-state index in [4.69, 9.17) is 5.11 Å². The molecule has 1 atom stereocenters. The Morgan fingerprint density at radius 2 is 2.00 bits per heavy atom. The standard InChI is InChI=1S/C5H12O4S.Na/c1-2-5(3-4-6)10(7,8)9;/h5-6H,2-4H2,1H3,(H,7,8,9);/q;+1/p-1. The maximum atomic E-state index is 10.3. The fourth-order valence-corrected chi connectivity index (χ4v) is 1.50. The first-order valence-corrected chi connectivity index (χ1v) is 4.55. The molecule has 11 heavy (non-hydrogen) atoms. The Morgan fingerprint density at radius 3 is 2.09 bits per heavy atom. The molecule has 0 spiro atoms. The molecule has 0 aromatic rings. The van der Waals surface area contributed by atoms with Gasteiger partial charge in [-0.05, 0) is 12.8 Å². The minimum atomic E-state index is -4.19. The van der Waals surface area contributed by atoms with Crippen LogP contribution in [0.4, 0.5) is 0 Å². The summed E-state index contributed by atoms with van der Waals surface area (Å²) in [6.07, 6.45) is 0.314. The SMILES string of the molecule is CCC(CCO)S(=O)(=O)[O-].[Na+]. The Bertz CT molecular complexity index is 177. The molecule has 0 saturated carbocycles. The average molecular weight is 190 g/mol. The molecule has 0 heterocycles. The first kappa shape index (κ1) is 14.4. The second kappa shape index (κ2) is 6.39. The Morgan fingerprint density at radius 1 is 1.55 bits per heavy atom. The molecule has 4 nitrogen and oxygen atoms in total. The first-order chi connectivity index (χ1) is 4.52. The first-order valence-electron chi connectivity index (χ1n) is 3.08. The third-order valence-corrected chi connectivity index (χ3v) is 2.70. The molecule has 0 aromatic carbocycles. The molecule has 0 aliphatic carbocycles. The van der Waals surface area contributed by atoms with E-state index in [2.05, 4.69) is 0 Å². The van der Waals surface area contributed by atoms with Crippen molar-refractivity contribution in [3.05, 3.63) is 0 Å². The van der Waals surface area contributed by atoms with Crippen LogP contribution in [0.25, 0.3) is 0 Å². The quantitative estimate of drug-likeness (QED) is 0.372. The zero-order valence-electron chi connectivity index (χ0n) is 6.78. The van der Waals surface area contributed by atoms with Crippen LogP contribution in [-0.4, -0.2) is 29.9 Å². The molecular weight excluding hydrogens is 179 g/mol. The van der Waals surface area contributed by atoms with Gasteiger partial charge in [-0.3, -0.25) is 0 Å². The van der Waals surface area contributed by atoms with E-state index < -0.39 is 15.4 Å². The minimum absolute atomic E-state index is 0. The number of hydrogen-bond acceptors (Lipinski definition) is 4. The number of aliphatic hydroxyl groups excluding tert-OH is 1. The van der Waals surface area contributed by atoms with Crippen LogP contribution in [0, 0.1) is 0 Å². The van der Waals surface area contributed by atoms with Crippen molar-refractivity contribution in [1.29, 1.82) is 0 Å². The van der Waals surface area contributed by atoms with Crippen molar-refractivity contribution < 1.29 is 47.6 Å². The third kappa shape index (κ3) is 6.07. The predicted molar refractivity (Wildman–Crippen MR) is 35.5 cm³/mol. The van der Waals surface area contributed by atoms with Gasteiger partial charge in [0.05, 0.1) is 15.4 Å². The van der Waals surface area contributed by atoms with E-state index in [0.717, 1.165) is 0 Å². The van der Waals surface area contributed by atoms with Gasteiger partial charge in [0.1, 0.15) is 0 Å². The second-order valence-electron chi connectivity index (χ2n) is 2.04. The number of hydrogen-bond donors (Lipinski definition) is 1. The minimum Gasteiger partial charge on any atom is -0.748 e. The normalized spacial score (nSPS) is 13.7. The van der Waals surface area contributed by atoms with Gasteiger partial charge in [0.2, 0.25) is 0 Å². The van der Waals surface area contributed by atoms with Crippen LogP contribution in [0.15, 0.2) is 0 Å². The van der Waals surface area contributed by atoms with Gasteiger partial charge in [-0.15, -0.1) is 0 Å². The zero-order chi connectivity index (χ0) is 8.20. The molecular formula is C5H11NaO4S. The summed E-state index contributed by atoms with van der Waals surface area (Å²) in [7, 11) is -4.19. The van der Waals surface area contributed by atoms with E-state index >= 15 is 0 Å². The van der Waals surface area contributed by atoms with Crippen LogP contribution < -0.4 is 29.6 Å². The molecule has 0 bridgehead atoms. The van der Waals surface area contributed by atoms with Gasteiger partial charge in [-0.2, -0.15) is 0 Å². The van der Waals surface area contributed by atoms with Crippen LogP contribution in [0.2, 0.25) is 0 Å². The summed E-state index contributed by atoms with van der Waals surface area (Å²) < 4.78 is 30.9. The number of aliphatic hydroxyl groups is 1. The topological polar surface area (TPSA) is 77.4 Å². The van der Waals surface area contributed by atoms with E-state index in [1.165, 1.54) is 0 Å². The van der Waals surface area contributed by atoms with Gasteiger partial charge in [-0.25, -0.2) is 8.42 Å². The van der Waals surface area contributed by atoms with E-state index in [1.54, 1.807) is 6.92 Å². The summed E-state index contributed by atoms with van der Waals surface area (Å²) >= 11 is 0. The van der Waals surface area contributed by atoms with Gasteiger partial charge in [0.25, 0.3) is 0 Å². The van der Waals surface area contributed by atoms with E-state index in [-0.39, 0.29) is 49.0 Å². The molecule has 0 amide bonds.